The molecule has 2 saturated heterocycles. The molecule has 7 nitrogen and oxygen atoms in total. The fraction of sp³-hybridized carbons (Fsp3) is 0.786. The van der Waals surface area contributed by atoms with Gasteiger partial charge in [0.25, 0.3) is 0 Å². The smallest absolute Gasteiger partial charge is 0.317 e. The summed E-state index contributed by atoms with van der Waals surface area (Å²) in [6.07, 6.45) is 2.41. The van der Waals surface area contributed by atoms with E-state index in [9.17, 15) is 14.4 Å². The number of nitrogens with zero attached hydrogens (tertiary/aromatic N) is 2. The Labute approximate surface area is 124 Å². The van der Waals surface area contributed by atoms with Crippen LogP contribution in [0.5, 0.6) is 0 Å². The van der Waals surface area contributed by atoms with E-state index in [1.807, 2.05) is 11.8 Å². The molecular weight excluding hydrogens is 274 g/mol. The predicted molar refractivity (Wildman–Crippen MR) is 75.7 cm³/mol. The number of hydrogen-bond donors (Lipinski definition) is 2. The number of rotatable bonds is 4. The van der Waals surface area contributed by atoms with Crippen LogP contribution in [0, 0.1) is 11.8 Å². The molecule has 2 N–H and O–H groups in total. The molecule has 0 unspecified atom stereocenters. The van der Waals surface area contributed by atoms with E-state index in [1.54, 1.807) is 0 Å². The summed E-state index contributed by atoms with van der Waals surface area (Å²) in [4.78, 5) is 38.1. The highest BCUT2D eigenvalue weighted by Gasteiger charge is 2.36. The van der Waals surface area contributed by atoms with Crippen LogP contribution in [-0.4, -0.2) is 65.5 Å². The van der Waals surface area contributed by atoms with Crippen LogP contribution in [0.3, 0.4) is 0 Å². The van der Waals surface area contributed by atoms with Gasteiger partial charge in [-0.15, -0.1) is 0 Å². The summed E-state index contributed by atoms with van der Waals surface area (Å²) in [7, 11) is 0. The average molecular weight is 297 g/mol. The fourth-order valence-electron chi connectivity index (χ4n) is 2.97. The monoisotopic (exact) mass is 297 g/mol. The van der Waals surface area contributed by atoms with Gasteiger partial charge >= 0.3 is 12.0 Å². The van der Waals surface area contributed by atoms with Crippen LogP contribution in [0.25, 0.3) is 0 Å². The molecular formula is C14H23N3O4. The van der Waals surface area contributed by atoms with Crippen molar-refractivity contribution in [2.24, 2.45) is 11.8 Å². The molecule has 0 aromatic carbocycles. The molecule has 3 amide bonds. The number of carbonyl (C=O) groups excluding carboxylic acids is 2. The highest BCUT2D eigenvalue weighted by molar-refractivity contribution is 5.79. The van der Waals surface area contributed by atoms with Gasteiger partial charge in [-0.05, 0) is 18.8 Å². The number of likely N-dealkylation sites (tertiary alicyclic amines) is 2. The Balaban J connectivity index is 1.70. The van der Waals surface area contributed by atoms with Gasteiger partial charge in [-0.2, -0.15) is 0 Å². The quantitative estimate of drug-likeness (QED) is 0.784. The molecule has 21 heavy (non-hydrogen) atoms. The third-order valence-corrected chi connectivity index (χ3v) is 4.29. The van der Waals surface area contributed by atoms with E-state index in [0.717, 1.165) is 25.9 Å². The first kappa shape index (κ1) is 15.6. The van der Waals surface area contributed by atoms with Gasteiger partial charge in [0.1, 0.15) is 0 Å². The van der Waals surface area contributed by atoms with E-state index in [4.69, 9.17) is 5.11 Å². The molecule has 0 aromatic heterocycles. The molecule has 0 aromatic rings. The van der Waals surface area contributed by atoms with Gasteiger partial charge in [0.05, 0.1) is 5.92 Å². The first-order chi connectivity index (χ1) is 9.99. The minimum absolute atomic E-state index is 0.0421. The molecule has 0 spiro atoms. The normalized spacial score (nSPS) is 25.2. The van der Waals surface area contributed by atoms with Crippen molar-refractivity contribution in [1.82, 2.24) is 15.1 Å². The number of aliphatic carboxylic acids is 1. The van der Waals surface area contributed by atoms with E-state index < -0.39 is 11.9 Å². The average Bonchev–Trinajstić information content (AvgIpc) is 3.07. The maximum atomic E-state index is 12.0. The Kier molecular flexibility index (Phi) is 5.03. The van der Waals surface area contributed by atoms with Gasteiger partial charge in [-0.1, -0.05) is 6.92 Å². The second-order valence-corrected chi connectivity index (χ2v) is 5.90. The van der Waals surface area contributed by atoms with Crippen LogP contribution in [0.15, 0.2) is 0 Å². The molecule has 0 bridgehead atoms. The molecule has 7 heteroatoms. The summed E-state index contributed by atoms with van der Waals surface area (Å²) in [6.45, 7) is 4.46. The standard InChI is InChI=1S/C14H23N3O4/c1-10-8-17(9-11(10)13(19)20)14(21)15-5-4-12(18)16-6-2-3-7-16/h10-11H,2-9H2,1H3,(H,15,21)(H,19,20)/t10-,11-/m1/s1. The summed E-state index contributed by atoms with van der Waals surface area (Å²) in [5.74, 6) is -1.32. The number of urea groups is 1. The van der Waals surface area contributed by atoms with Gasteiger partial charge in [0.2, 0.25) is 5.91 Å². The van der Waals surface area contributed by atoms with E-state index >= 15 is 0 Å². The lowest BCUT2D eigenvalue weighted by Gasteiger charge is -2.18. The Morgan fingerprint density at radius 1 is 1.14 bits per heavy atom. The summed E-state index contributed by atoms with van der Waals surface area (Å²) in [5.41, 5.74) is 0. The zero-order valence-corrected chi connectivity index (χ0v) is 12.4. The van der Waals surface area contributed by atoms with Crippen molar-refractivity contribution < 1.29 is 19.5 Å². The number of carboxylic acid groups (broad SMARTS) is 1. The number of carboxylic acids is 1. The Bertz CT molecular complexity index is 420. The van der Waals surface area contributed by atoms with Crippen molar-refractivity contribution in [3.63, 3.8) is 0 Å². The number of amides is 3. The Morgan fingerprint density at radius 3 is 2.38 bits per heavy atom. The first-order valence-corrected chi connectivity index (χ1v) is 7.52. The second-order valence-electron chi connectivity index (χ2n) is 5.90. The summed E-state index contributed by atoms with van der Waals surface area (Å²) < 4.78 is 0. The molecule has 2 heterocycles. The fourth-order valence-corrected chi connectivity index (χ4v) is 2.97. The molecule has 2 aliphatic rings. The van der Waals surface area contributed by atoms with Crippen LogP contribution in [0.4, 0.5) is 4.79 Å². The Hall–Kier alpha value is -1.79. The molecule has 0 radical (unpaired) electrons. The van der Waals surface area contributed by atoms with Crippen LogP contribution in [0.2, 0.25) is 0 Å². The minimum Gasteiger partial charge on any atom is -0.481 e. The van der Waals surface area contributed by atoms with E-state index in [-0.39, 0.29) is 24.4 Å². The molecule has 0 saturated carbocycles. The van der Waals surface area contributed by atoms with Crippen LogP contribution in [-0.2, 0) is 9.59 Å². The SMILES string of the molecule is C[C@@H]1CN(C(=O)NCCC(=O)N2CCCC2)C[C@H]1C(=O)O. The van der Waals surface area contributed by atoms with Crippen molar-refractivity contribution in [2.45, 2.75) is 26.2 Å². The maximum Gasteiger partial charge on any atom is 0.317 e. The van der Waals surface area contributed by atoms with E-state index in [1.165, 1.54) is 4.90 Å². The van der Waals surface area contributed by atoms with Crippen molar-refractivity contribution in [3.8, 4) is 0 Å². The van der Waals surface area contributed by atoms with Crippen LogP contribution < -0.4 is 5.32 Å². The largest absolute Gasteiger partial charge is 0.481 e. The lowest BCUT2D eigenvalue weighted by Crippen LogP contribution is -2.40. The highest BCUT2D eigenvalue weighted by atomic mass is 16.4. The van der Waals surface area contributed by atoms with Gasteiger partial charge in [-0.25, -0.2) is 4.79 Å². The molecule has 118 valence electrons. The van der Waals surface area contributed by atoms with Gasteiger partial charge in [0.15, 0.2) is 0 Å². The van der Waals surface area contributed by atoms with Crippen molar-refractivity contribution in [2.75, 3.05) is 32.7 Å². The van der Waals surface area contributed by atoms with Crippen LogP contribution in [0.1, 0.15) is 26.2 Å². The van der Waals surface area contributed by atoms with Gasteiger partial charge in [0, 0.05) is 39.1 Å². The third-order valence-electron chi connectivity index (χ3n) is 4.29. The third kappa shape index (κ3) is 3.86. The summed E-state index contributed by atoms with van der Waals surface area (Å²) >= 11 is 0. The lowest BCUT2D eigenvalue weighted by molar-refractivity contribution is -0.142. The predicted octanol–water partition coefficient (Wildman–Crippen LogP) is 0.361. The molecule has 2 atom stereocenters. The van der Waals surface area contributed by atoms with Gasteiger partial charge in [-0.3, -0.25) is 9.59 Å². The second kappa shape index (κ2) is 6.78. The van der Waals surface area contributed by atoms with Gasteiger partial charge < -0.3 is 20.2 Å². The molecule has 2 rings (SSSR count). The molecule has 0 aliphatic carbocycles. The summed E-state index contributed by atoms with van der Waals surface area (Å²) in [6, 6.07) is -0.278. The summed E-state index contributed by atoms with van der Waals surface area (Å²) in [5, 5.41) is 11.8. The van der Waals surface area contributed by atoms with Crippen molar-refractivity contribution in [3.05, 3.63) is 0 Å². The number of carbonyl (C=O) groups is 3. The van der Waals surface area contributed by atoms with Crippen LogP contribution >= 0.6 is 0 Å². The molecule has 2 aliphatic heterocycles. The Morgan fingerprint density at radius 2 is 1.81 bits per heavy atom. The van der Waals surface area contributed by atoms with Crippen molar-refractivity contribution >= 4 is 17.9 Å². The topological polar surface area (TPSA) is 90.0 Å². The van der Waals surface area contributed by atoms with Crippen molar-refractivity contribution in [1.29, 1.82) is 0 Å². The molecule has 2 fully saturated rings. The lowest BCUT2D eigenvalue weighted by atomic mass is 9.99. The zero-order valence-electron chi connectivity index (χ0n) is 12.4. The first-order valence-electron chi connectivity index (χ1n) is 7.52. The number of nitrogens with one attached hydrogen (secondary N) is 1. The number of hydrogen-bond acceptors (Lipinski definition) is 3. The zero-order chi connectivity index (χ0) is 15.4. The minimum atomic E-state index is -0.859. The van der Waals surface area contributed by atoms with E-state index in [2.05, 4.69) is 5.32 Å². The van der Waals surface area contributed by atoms with E-state index in [0.29, 0.717) is 19.5 Å². The highest BCUT2D eigenvalue weighted by Crippen LogP contribution is 2.22. The maximum absolute atomic E-state index is 12.0.